The molecule has 1 aromatic heterocycles. The lowest BCUT2D eigenvalue weighted by molar-refractivity contribution is -0.124. The molecule has 0 aliphatic carbocycles. The molecule has 36 heavy (non-hydrogen) atoms. The molecule has 3 aromatic rings. The Balaban J connectivity index is 1.66. The first-order valence-electron chi connectivity index (χ1n) is 11.7. The number of nitrogens with one attached hydrogen (secondary N) is 1. The van der Waals surface area contributed by atoms with Crippen molar-refractivity contribution in [1.82, 2.24) is 19.3 Å². The van der Waals surface area contributed by atoms with Crippen molar-refractivity contribution < 1.29 is 23.2 Å². The van der Waals surface area contributed by atoms with E-state index in [0.29, 0.717) is 24.3 Å². The molecule has 0 spiro atoms. The van der Waals surface area contributed by atoms with Gasteiger partial charge in [0, 0.05) is 56.8 Å². The Morgan fingerprint density at radius 2 is 1.81 bits per heavy atom. The summed E-state index contributed by atoms with van der Waals surface area (Å²) >= 11 is 0. The molecule has 1 fully saturated rings. The molecule has 2 aromatic carbocycles. The van der Waals surface area contributed by atoms with Crippen molar-refractivity contribution in [3.8, 4) is 16.9 Å². The first-order chi connectivity index (χ1) is 17.4. The number of carbonyl (C=O) groups is 1. The van der Waals surface area contributed by atoms with E-state index in [-0.39, 0.29) is 10.6 Å². The number of benzene rings is 2. The molecule has 4 rings (SSSR count). The molecular weight excluding hydrogens is 480 g/mol. The molecule has 0 atom stereocenters. The second kappa shape index (κ2) is 11.5. The van der Waals surface area contributed by atoms with Crippen LogP contribution < -0.4 is 10.2 Å². The first-order valence-corrected chi connectivity index (χ1v) is 13.1. The number of amides is 1. The Bertz CT molecular complexity index is 1310. The van der Waals surface area contributed by atoms with Crippen LogP contribution in [-0.4, -0.2) is 79.7 Å². The zero-order valence-electron chi connectivity index (χ0n) is 20.1. The van der Waals surface area contributed by atoms with E-state index >= 15 is 0 Å². The van der Waals surface area contributed by atoms with Crippen molar-refractivity contribution in [3.05, 3.63) is 78.6 Å². The molecule has 1 saturated heterocycles. The lowest BCUT2D eigenvalue weighted by Gasteiger charge is -2.32. The van der Waals surface area contributed by atoms with Crippen molar-refractivity contribution in [2.24, 2.45) is 0 Å². The van der Waals surface area contributed by atoms with Gasteiger partial charge in [-0.3, -0.25) is 14.9 Å². The van der Waals surface area contributed by atoms with E-state index in [2.05, 4.69) is 16.8 Å². The predicted octanol–water partition coefficient (Wildman–Crippen LogP) is 2.54. The van der Waals surface area contributed by atoms with Crippen LogP contribution in [0.5, 0.6) is 5.75 Å². The summed E-state index contributed by atoms with van der Waals surface area (Å²) in [7, 11) is -1.95. The van der Waals surface area contributed by atoms with Gasteiger partial charge in [-0.1, -0.05) is 42.5 Å². The summed E-state index contributed by atoms with van der Waals surface area (Å²) in [6.45, 7) is 4.95. The number of hydrogen-bond acceptors (Lipinski definition) is 7. The number of hydrogen-bond donors (Lipinski definition) is 2. The third-order valence-electron chi connectivity index (χ3n) is 6.09. The van der Waals surface area contributed by atoms with Crippen LogP contribution in [-0.2, 0) is 14.8 Å². The number of likely N-dealkylation sites (N-methyl/N-ethyl adjacent to an activating group) is 1. The number of nitrogens with zero attached hydrogens (tertiary/aromatic N) is 3. The monoisotopic (exact) mass is 510 g/mol. The fourth-order valence-corrected chi connectivity index (χ4v) is 5.59. The van der Waals surface area contributed by atoms with Crippen molar-refractivity contribution >= 4 is 22.0 Å². The Morgan fingerprint density at radius 1 is 1.06 bits per heavy atom. The van der Waals surface area contributed by atoms with E-state index in [1.54, 1.807) is 24.3 Å². The molecule has 190 valence electrons. The zero-order valence-corrected chi connectivity index (χ0v) is 20.9. The lowest BCUT2D eigenvalue weighted by Crippen LogP contribution is -2.45. The molecule has 0 unspecified atom stereocenters. The average molecular weight is 511 g/mol. The highest BCUT2D eigenvalue weighted by Gasteiger charge is 2.27. The second-order valence-electron chi connectivity index (χ2n) is 8.58. The van der Waals surface area contributed by atoms with E-state index < -0.39 is 15.9 Å². The van der Waals surface area contributed by atoms with E-state index in [4.69, 9.17) is 9.94 Å². The minimum absolute atomic E-state index is 0.0776. The van der Waals surface area contributed by atoms with Gasteiger partial charge in [0.1, 0.15) is 17.3 Å². The summed E-state index contributed by atoms with van der Waals surface area (Å²) in [4.78, 5) is 16.0. The maximum absolute atomic E-state index is 13.9. The number of hydroxylamine groups is 1. The lowest BCUT2D eigenvalue weighted by atomic mass is 10.1. The Kier molecular flexibility index (Phi) is 8.21. The molecule has 2 N–H and O–H groups in total. The quantitative estimate of drug-likeness (QED) is 0.259. The molecule has 0 bridgehead atoms. The highest BCUT2D eigenvalue weighted by Crippen LogP contribution is 2.36. The molecule has 9 nitrogen and oxygen atoms in total. The van der Waals surface area contributed by atoms with Crippen molar-refractivity contribution in [2.45, 2.75) is 4.90 Å². The van der Waals surface area contributed by atoms with Gasteiger partial charge in [0.25, 0.3) is 15.9 Å². The van der Waals surface area contributed by atoms with E-state index in [9.17, 15) is 13.2 Å². The van der Waals surface area contributed by atoms with Crippen LogP contribution in [0, 0.1) is 0 Å². The molecule has 0 saturated carbocycles. The van der Waals surface area contributed by atoms with Gasteiger partial charge in [-0.05, 0) is 36.4 Å². The molecule has 1 aliphatic rings. The Hall–Kier alpha value is -3.44. The summed E-state index contributed by atoms with van der Waals surface area (Å²) in [5, 5.41) is 8.66. The first kappa shape index (κ1) is 25.6. The summed E-state index contributed by atoms with van der Waals surface area (Å²) in [5.41, 5.74) is 3.28. The number of aromatic nitrogens is 1. The highest BCUT2D eigenvalue weighted by atomic mass is 32.2. The summed E-state index contributed by atoms with van der Waals surface area (Å²) in [6.07, 6.45) is 5.35. The van der Waals surface area contributed by atoms with Crippen LogP contribution in [0.2, 0.25) is 0 Å². The minimum atomic E-state index is -4.05. The largest absolute Gasteiger partial charge is 0.491 e. The predicted molar refractivity (Wildman–Crippen MR) is 137 cm³/mol. The van der Waals surface area contributed by atoms with Crippen LogP contribution in [0.4, 0.5) is 0 Å². The number of ether oxygens (including phenoxy) is 1. The fraction of sp³-hybridized carbons (Fsp3) is 0.269. The number of carbonyl (C=O) groups excluding carboxylic acids is 1. The third kappa shape index (κ3) is 6.03. The van der Waals surface area contributed by atoms with Crippen LogP contribution >= 0.6 is 0 Å². The van der Waals surface area contributed by atoms with Crippen molar-refractivity contribution in [3.63, 3.8) is 0 Å². The van der Waals surface area contributed by atoms with Gasteiger partial charge in [-0.2, -0.15) is 0 Å². The standard InChI is InChI=1S/C26H30N4O5S/c1-28-14-16-29(17-15-28)18-19-35-24-9-5-8-23(22-6-3-2-4-7-22)26(24)36(33,34)30-13-12-21(20-30)10-11-25(31)27-32/h2-13,20,32H,14-19H2,1H3,(H,27,31)/b11-10+. The van der Waals surface area contributed by atoms with Gasteiger partial charge in [-0.15, -0.1) is 0 Å². The number of rotatable bonds is 9. The summed E-state index contributed by atoms with van der Waals surface area (Å²) < 4.78 is 35.0. The maximum Gasteiger partial charge on any atom is 0.271 e. The average Bonchev–Trinajstić information content (AvgIpc) is 3.39. The maximum atomic E-state index is 13.9. The van der Waals surface area contributed by atoms with Crippen LogP contribution in [0.15, 0.2) is 78.0 Å². The van der Waals surface area contributed by atoms with Gasteiger partial charge in [0.2, 0.25) is 0 Å². The van der Waals surface area contributed by atoms with Gasteiger partial charge >= 0.3 is 0 Å². The van der Waals surface area contributed by atoms with Crippen molar-refractivity contribution in [1.29, 1.82) is 0 Å². The second-order valence-corrected chi connectivity index (χ2v) is 10.4. The summed E-state index contributed by atoms with van der Waals surface area (Å²) in [5.74, 6) is -0.424. The molecule has 1 aliphatic heterocycles. The Labute approximate surface area is 211 Å². The van der Waals surface area contributed by atoms with Crippen molar-refractivity contribution in [2.75, 3.05) is 46.4 Å². The van der Waals surface area contributed by atoms with E-state index in [0.717, 1.165) is 41.8 Å². The Morgan fingerprint density at radius 3 is 2.53 bits per heavy atom. The normalized spacial score (nSPS) is 15.3. The minimum Gasteiger partial charge on any atom is -0.491 e. The topological polar surface area (TPSA) is 104 Å². The van der Waals surface area contributed by atoms with E-state index in [1.807, 2.05) is 30.3 Å². The SMILES string of the molecule is CN1CCN(CCOc2cccc(-c3ccccc3)c2S(=O)(=O)n2ccc(/C=C/C(=O)NO)c2)CC1. The van der Waals surface area contributed by atoms with Crippen LogP contribution in [0.1, 0.15) is 5.56 Å². The van der Waals surface area contributed by atoms with E-state index in [1.165, 1.54) is 23.9 Å². The van der Waals surface area contributed by atoms with Gasteiger partial charge in [0.05, 0.1) is 0 Å². The molecule has 10 heteroatoms. The van der Waals surface area contributed by atoms with Gasteiger partial charge in [0.15, 0.2) is 0 Å². The fourth-order valence-electron chi connectivity index (χ4n) is 4.05. The van der Waals surface area contributed by atoms with Gasteiger partial charge < -0.3 is 9.64 Å². The zero-order chi connectivity index (χ0) is 25.5. The van der Waals surface area contributed by atoms with Crippen LogP contribution in [0.25, 0.3) is 17.2 Å². The smallest absolute Gasteiger partial charge is 0.271 e. The van der Waals surface area contributed by atoms with Gasteiger partial charge in [-0.25, -0.2) is 17.9 Å². The third-order valence-corrected chi connectivity index (χ3v) is 7.81. The molecule has 1 amide bonds. The summed E-state index contributed by atoms with van der Waals surface area (Å²) in [6, 6.07) is 16.1. The van der Waals surface area contributed by atoms with Crippen LogP contribution in [0.3, 0.4) is 0 Å². The highest BCUT2D eigenvalue weighted by molar-refractivity contribution is 7.90. The molecule has 2 heterocycles. The molecule has 0 radical (unpaired) electrons. The number of piperazine rings is 1. The molecular formula is C26H30N4O5S.